The van der Waals surface area contributed by atoms with Crippen LogP contribution in [0.3, 0.4) is 0 Å². The second-order valence-electron chi connectivity index (χ2n) is 5.81. The van der Waals surface area contributed by atoms with Crippen molar-refractivity contribution in [3.05, 3.63) is 59.2 Å². The summed E-state index contributed by atoms with van der Waals surface area (Å²) in [5.74, 6) is 1.08. The molecule has 22 heavy (non-hydrogen) atoms. The molecule has 2 rings (SSSR count). The molecule has 0 saturated carbocycles. The van der Waals surface area contributed by atoms with E-state index >= 15 is 0 Å². The third kappa shape index (κ3) is 4.10. The molecule has 0 aliphatic carbocycles. The van der Waals surface area contributed by atoms with Crippen LogP contribution in [-0.2, 0) is 4.79 Å². The van der Waals surface area contributed by atoms with E-state index in [1.165, 1.54) is 5.56 Å². The fraction of sp³-hybridized carbons (Fsp3) is 0.316. The zero-order valence-corrected chi connectivity index (χ0v) is 13.6. The molecule has 116 valence electrons. The van der Waals surface area contributed by atoms with Gasteiger partial charge in [0.05, 0.1) is 0 Å². The van der Waals surface area contributed by atoms with Crippen molar-refractivity contribution < 1.29 is 9.53 Å². The smallest absolute Gasteiger partial charge is 0.262 e. The summed E-state index contributed by atoms with van der Waals surface area (Å²) in [5, 5.41) is 2.85. The largest absolute Gasteiger partial charge is 0.483 e. The number of carbonyl (C=O) groups is 1. The lowest BCUT2D eigenvalue weighted by atomic mass is 10.0. The van der Waals surface area contributed by atoms with Gasteiger partial charge in [0.2, 0.25) is 0 Å². The van der Waals surface area contributed by atoms with E-state index in [-0.39, 0.29) is 12.5 Å². The number of nitrogens with one attached hydrogen (secondary N) is 1. The number of aryl methyl sites for hydroxylation is 1. The number of rotatable bonds is 5. The Labute approximate surface area is 132 Å². The van der Waals surface area contributed by atoms with Crippen molar-refractivity contribution in [2.75, 3.05) is 11.9 Å². The van der Waals surface area contributed by atoms with Gasteiger partial charge in [-0.05, 0) is 54.7 Å². The molecule has 3 nitrogen and oxygen atoms in total. The summed E-state index contributed by atoms with van der Waals surface area (Å²) < 4.78 is 5.60. The van der Waals surface area contributed by atoms with Gasteiger partial charge in [-0.25, -0.2) is 0 Å². The van der Waals surface area contributed by atoms with Crippen LogP contribution >= 0.6 is 0 Å². The molecular formula is C19H23NO2. The Balaban J connectivity index is 1.91. The summed E-state index contributed by atoms with van der Waals surface area (Å²) in [6.07, 6.45) is 0. The fourth-order valence-electron chi connectivity index (χ4n) is 2.17. The van der Waals surface area contributed by atoms with E-state index in [1.807, 2.05) is 56.3 Å². The SMILES string of the molecule is Cc1cccc(OCC(=O)Nc2ccc(C(C)C)cc2)c1C. The minimum absolute atomic E-state index is 0.0101. The summed E-state index contributed by atoms with van der Waals surface area (Å²) in [6, 6.07) is 13.7. The van der Waals surface area contributed by atoms with Gasteiger partial charge in [0.1, 0.15) is 5.75 Å². The average Bonchev–Trinajstić information content (AvgIpc) is 2.49. The topological polar surface area (TPSA) is 38.3 Å². The number of ether oxygens (including phenoxy) is 1. The third-order valence-corrected chi connectivity index (χ3v) is 3.77. The summed E-state index contributed by atoms with van der Waals surface area (Å²) in [7, 11) is 0. The van der Waals surface area contributed by atoms with Gasteiger partial charge in [0.15, 0.2) is 6.61 Å². The third-order valence-electron chi connectivity index (χ3n) is 3.77. The Kier molecular flexibility index (Phi) is 5.21. The molecular weight excluding hydrogens is 274 g/mol. The molecule has 3 heteroatoms. The van der Waals surface area contributed by atoms with E-state index < -0.39 is 0 Å². The van der Waals surface area contributed by atoms with E-state index in [4.69, 9.17) is 4.74 Å². The number of carbonyl (C=O) groups excluding carboxylic acids is 1. The van der Waals surface area contributed by atoms with Crippen molar-refractivity contribution in [2.45, 2.75) is 33.6 Å². The Bertz CT molecular complexity index is 645. The maximum Gasteiger partial charge on any atom is 0.262 e. The van der Waals surface area contributed by atoms with Crippen molar-refractivity contribution in [2.24, 2.45) is 0 Å². The number of benzene rings is 2. The highest BCUT2D eigenvalue weighted by Crippen LogP contribution is 2.21. The minimum atomic E-state index is -0.154. The molecule has 0 atom stereocenters. The van der Waals surface area contributed by atoms with Gasteiger partial charge < -0.3 is 10.1 Å². The summed E-state index contributed by atoms with van der Waals surface area (Å²) in [4.78, 5) is 12.0. The highest BCUT2D eigenvalue weighted by atomic mass is 16.5. The molecule has 0 spiro atoms. The molecule has 1 N–H and O–H groups in total. The van der Waals surface area contributed by atoms with Crippen LogP contribution in [0.15, 0.2) is 42.5 Å². The predicted molar refractivity (Wildman–Crippen MR) is 90.6 cm³/mol. The predicted octanol–water partition coefficient (Wildman–Crippen LogP) is 4.44. The second kappa shape index (κ2) is 7.12. The number of hydrogen-bond donors (Lipinski definition) is 1. The first-order chi connectivity index (χ1) is 10.5. The zero-order valence-electron chi connectivity index (χ0n) is 13.6. The summed E-state index contributed by atoms with van der Waals surface area (Å²) >= 11 is 0. The maximum absolute atomic E-state index is 12.0. The van der Waals surface area contributed by atoms with Crippen molar-refractivity contribution in [3.8, 4) is 5.75 Å². The van der Waals surface area contributed by atoms with E-state index in [2.05, 4.69) is 19.2 Å². The molecule has 0 heterocycles. The standard InChI is InChI=1S/C19H23NO2/c1-13(2)16-8-10-17(11-9-16)20-19(21)12-22-18-7-5-6-14(3)15(18)4/h5-11,13H,12H2,1-4H3,(H,20,21). The van der Waals surface area contributed by atoms with Crippen LogP contribution in [0.5, 0.6) is 5.75 Å². The lowest BCUT2D eigenvalue weighted by Gasteiger charge is -2.11. The molecule has 0 radical (unpaired) electrons. The van der Waals surface area contributed by atoms with E-state index in [0.29, 0.717) is 5.92 Å². The van der Waals surface area contributed by atoms with Crippen LogP contribution in [0.2, 0.25) is 0 Å². The molecule has 0 fully saturated rings. The Morgan fingerprint density at radius 1 is 1.09 bits per heavy atom. The molecule has 0 aromatic heterocycles. The first kappa shape index (κ1) is 16.1. The molecule has 0 aliphatic heterocycles. The van der Waals surface area contributed by atoms with E-state index in [9.17, 15) is 4.79 Å². The molecule has 1 amide bonds. The van der Waals surface area contributed by atoms with Gasteiger partial charge in [0, 0.05) is 5.69 Å². The van der Waals surface area contributed by atoms with Gasteiger partial charge >= 0.3 is 0 Å². The molecule has 0 bridgehead atoms. The molecule has 0 unspecified atom stereocenters. The monoisotopic (exact) mass is 297 g/mol. The molecule has 0 saturated heterocycles. The summed E-state index contributed by atoms with van der Waals surface area (Å²) in [5.41, 5.74) is 4.27. The lowest BCUT2D eigenvalue weighted by Crippen LogP contribution is -2.20. The quantitative estimate of drug-likeness (QED) is 0.885. The first-order valence-electron chi connectivity index (χ1n) is 7.56. The van der Waals surface area contributed by atoms with Crippen LogP contribution in [0.4, 0.5) is 5.69 Å². The van der Waals surface area contributed by atoms with Crippen LogP contribution in [0.25, 0.3) is 0 Å². The van der Waals surface area contributed by atoms with Gasteiger partial charge in [-0.2, -0.15) is 0 Å². The normalized spacial score (nSPS) is 10.6. The highest BCUT2D eigenvalue weighted by molar-refractivity contribution is 5.91. The molecule has 2 aromatic carbocycles. The van der Waals surface area contributed by atoms with E-state index in [1.54, 1.807) is 0 Å². The second-order valence-corrected chi connectivity index (χ2v) is 5.81. The zero-order chi connectivity index (χ0) is 16.1. The van der Waals surface area contributed by atoms with Crippen molar-refractivity contribution in [3.63, 3.8) is 0 Å². The van der Waals surface area contributed by atoms with E-state index in [0.717, 1.165) is 22.6 Å². The molecule has 2 aromatic rings. The van der Waals surface area contributed by atoms with Gasteiger partial charge in [-0.1, -0.05) is 38.1 Å². The Morgan fingerprint density at radius 2 is 1.77 bits per heavy atom. The minimum Gasteiger partial charge on any atom is -0.483 e. The number of hydrogen-bond acceptors (Lipinski definition) is 2. The maximum atomic E-state index is 12.0. The fourth-order valence-corrected chi connectivity index (χ4v) is 2.17. The number of anilines is 1. The average molecular weight is 297 g/mol. The van der Waals surface area contributed by atoms with Gasteiger partial charge in [-0.3, -0.25) is 4.79 Å². The van der Waals surface area contributed by atoms with Crippen LogP contribution in [-0.4, -0.2) is 12.5 Å². The van der Waals surface area contributed by atoms with Gasteiger partial charge in [0.25, 0.3) is 5.91 Å². The Morgan fingerprint density at radius 3 is 2.41 bits per heavy atom. The van der Waals surface area contributed by atoms with Crippen molar-refractivity contribution in [1.82, 2.24) is 0 Å². The molecule has 0 aliphatic rings. The van der Waals surface area contributed by atoms with Crippen molar-refractivity contribution >= 4 is 11.6 Å². The highest BCUT2D eigenvalue weighted by Gasteiger charge is 2.07. The Hall–Kier alpha value is -2.29. The van der Waals surface area contributed by atoms with Crippen molar-refractivity contribution in [1.29, 1.82) is 0 Å². The van der Waals surface area contributed by atoms with Crippen LogP contribution in [0, 0.1) is 13.8 Å². The summed E-state index contributed by atoms with van der Waals surface area (Å²) in [6.45, 7) is 8.32. The van der Waals surface area contributed by atoms with Crippen LogP contribution in [0.1, 0.15) is 36.5 Å². The number of amides is 1. The lowest BCUT2D eigenvalue weighted by molar-refractivity contribution is -0.118. The van der Waals surface area contributed by atoms with Gasteiger partial charge in [-0.15, -0.1) is 0 Å². The van der Waals surface area contributed by atoms with Crippen LogP contribution < -0.4 is 10.1 Å². The first-order valence-corrected chi connectivity index (χ1v) is 7.56.